The average Bonchev–Trinajstić information content (AvgIpc) is 2.41. The van der Waals surface area contributed by atoms with E-state index >= 15 is 0 Å². The van der Waals surface area contributed by atoms with Gasteiger partial charge in [-0.25, -0.2) is 4.39 Å². The Labute approximate surface area is 107 Å². The molecule has 0 aliphatic carbocycles. The van der Waals surface area contributed by atoms with E-state index in [0.29, 0.717) is 5.75 Å². The van der Waals surface area contributed by atoms with Crippen molar-refractivity contribution < 1.29 is 14.1 Å². The Kier molecular flexibility index (Phi) is 3.67. The van der Waals surface area contributed by atoms with Crippen LogP contribution in [0.3, 0.4) is 0 Å². The number of nitrogens with zero attached hydrogens (tertiary/aromatic N) is 2. The van der Waals surface area contributed by atoms with Crippen molar-refractivity contribution in [1.82, 2.24) is 4.98 Å². The van der Waals surface area contributed by atoms with Crippen molar-refractivity contribution >= 4 is 5.69 Å². The lowest BCUT2D eigenvalue weighted by Gasteiger charge is -2.06. The first kappa shape index (κ1) is 12.9. The van der Waals surface area contributed by atoms with Crippen LogP contribution in [-0.4, -0.2) is 9.91 Å². The summed E-state index contributed by atoms with van der Waals surface area (Å²) in [5, 5.41) is 10.8. The summed E-state index contributed by atoms with van der Waals surface area (Å²) < 4.78 is 18.3. The summed E-state index contributed by atoms with van der Waals surface area (Å²) in [5.74, 6) is -0.451. The van der Waals surface area contributed by atoms with Crippen molar-refractivity contribution in [2.24, 2.45) is 5.73 Å². The number of nitro groups is 1. The van der Waals surface area contributed by atoms with E-state index in [0.717, 1.165) is 17.7 Å². The summed E-state index contributed by atoms with van der Waals surface area (Å²) in [6, 6.07) is 4.70. The van der Waals surface area contributed by atoms with Gasteiger partial charge in [0.05, 0.1) is 17.2 Å². The molecule has 0 atom stereocenters. The van der Waals surface area contributed by atoms with Crippen LogP contribution < -0.4 is 10.5 Å². The van der Waals surface area contributed by atoms with Crippen molar-refractivity contribution in [2.45, 2.75) is 6.54 Å². The molecule has 0 saturated carbocycles. The molecule has 0 fully saturated rings. The number of aromatic nitrogens is 1. The highest BCUT2D eigenvalue weighted by Gasteiger charge is 2.17. The zero-order chi connectivity index (χ0) is 13.8. The second-order valence-electron chi connectivity index (χ2n) is 3.70. The Morgan fingerprint density at radius 3 is 2.84 bits per heavy atom. The normalized spacial score (nSPS) is 10.2. The Balaban J connectivity index is 2.34. The molecule has 0 aliphatic heterocycles. The Morgan fingerprint density at radius 1 is 1.37 bits per heavy atom. The molecule has 0 radical (unpaired) electrons. The predicted octanol–water partition coefficient (Wildman–Crippen LogP) is 2.38. The van der Waals surface area contributed by atoms with Gasteiger partial charge in [0.25, 0.3) is 0 Å². The summed E-state index contributed by atoms with van der Waals surface area (Å²) in [7, 11) is 0. The first-order valence-electron chi connectivity index (χ1n) is 5.36. The number of hydrogen-bond donors (Lipinski definition) is 1. The van der Waals surface area contributed by atoms with Gasteiger partial charge in [0, 0.05) is 12.7 Å². The second-order valence-corrected chi connectivity index (χ2v) is 3.70. The number of nitro benzene ring substituents is 1. The summed E-state index contributed by atoms with van der Waals surface area (Å²) in [4.78, 5) is 14.0. The molecule has 0 unspecified atom stereocenters. The molecule has 2 aromatic rings. The maximum Gasteiger partial charge on any atom is 0.314 e. The van der Waals surface area contributed by atoms with Gasteiger partial charge in [-0.1, -0.05) is 0 Å². The first-order chi connectivity index (χ1) is 9.10. The molecule has 98 valence electrons. The highest BCUT2D eigenvalue weighted by atomic mass is 19.1. The van der Waals surface area contributed by atoms with E-state index in [-0.39, 0.29) is 12.3 Å². The Hall–Kier alpha value is -2.54. The van der Waals surface area contributed by atoms with Crippen LogP contribution in [-0.2, 0) is 6.54 Å². The summed E-state index contributed by atoms with van der Waals surface area (Å²) in [6.45, 7) is 0.274. The molecule has 2 N–H and O–H groups in total. The number of halogens is 1. The molecule has 0 saturated heterocycles. The van der Waals surface area contributed by atoms with Crippen LogP contribution in [0.2, 0.25) is 0 Å². The predicted molar refractivity (Wildman–Crippen MR) is 65.3 cm³/mol. The van der Waals surface area contributed by atoms with Crippen molar-refractivity contribution in [3.63, 3.8) is 0 Å². The van der Waals surface area contributed by atoms with Crippen LogP contribution >= 0.6 is 0 Å². The van der Waals surface area contributed by atoms with E-state index in [2.05, 4.69) is 4.98 Å². The molecule has 1 heterocycles. The zero-order valence-electron chi connectivity index (χ0n) is 9.75. The molecule has 1 aromatic carbocycles. The van der Waals surface area contributed by atoms with Crippen molar-refractivity contribution in [3.8, 4) is 11.5 Å². The van der Waals surface area contributed by atoms with E-state index < -0.39 is 16.4 Å². The maximum absolute atomic E-state index is 13.0. The lowest BCUT2D eigenvalue weighted by molar-refractivity contribution is -0.385. The van der Waals surface area contributed by atoms with Crippen LogP contribution in [0.5, 0.6) is 11.5 Å². The molecule has 1 aromatic heterocycles. The van der Waals surface area contributed by atoms with Gasteiger partial charge < -0.3 is 10.5 Å². The number of rotatable bonds is 4. The van der Waals surface area contributed by atoms with Crippen molar-refractivity contribution in [2.75, 3.05) is 0 Å². The van der Waals surface area contributed by atoms with Gasteiger partial charge in [0.15, 0.2) is 0 Å². The van der Waals surface area contributed by atoms with Crippen LogP contribution in [0.15, 0.2) is 36.7 Å². The van der Waals surface area contributed by atoms with Crippen molar-refractivity contribution in [1.29, 1.82) is 0 Å². The van der Waals surface area contributed by atoms with Crippen LogP contribution in [0.1, 0.15) is 5.56 Å². The molecular formula is C12H10FN3O3. The van der Waals surface area contributed by atoms with E-state index in [9.17, 15) is 14.5 Å². The van der Waals surface area contributed by atoms with Gasteiger partial charge in [-0.3, -0.25) is 15.1 Å². The van der Waals surface area contributed by atoms with Gasteiger partial charge in [0.2, 0.25) is 5.75 Å². The van der Waals surface area contributed by atoms with Gasteiger partial charge >= 0.3 is 5.69 Å². The second kappa shape index (κ2) is 5.40. The monoisotopic (exact) mass is 263 g/mol. The third-order valence-electron chi connectivity index (χ3n) is 2.35. The molecule has 7 heteroatoms. The largest absolute Gasteiger partial charge is 0.448 e. The van der Waals surface area contributed by atoms with E-state index in [4.69, 9.17) is 10.5 Å². The summed E-state index contributed by atoms with van der Waals surface area (Å²) in [6.07, 6.45) is 2.96. The molecule has 2 rings (SSSR count). The lowest BCUT2D eigenvalue weighted by atomic mass is 10.2. The number of hydrogen-bond acceptors (Lipinski definition) is 5. The van der Waals surface area contributed by atoms with Gasteiger partial charge in [-0.05, 0) is 23.8 Å². The van der Waals surface area contributed by atoms with Gasteiger partial charge in [-0.15, -0.1) is 0 Å². The van der Waals surface area contributed by atoms with E-state index in [1.807, 2.05) is 0 Å². The van der Waals surface area contributed by atoms with Crippen LogP contribution in [0, 0.1) is 15.9 Å². The molecule has 6 nitrogen and oxygen atoms in total. The number of nitrogens with two attached hydrogens (primary N) is 1. The van der Waals surface area contributed by atoms with E-state index in [1.54, 1.807) is 12.3 Å². The maximum atomic E-state index is 13.0. The van der Waals surface area contributed by atoms with E-state index in [1.165, 1.54) is 12.3 Å². The van der Waals surface area contributed by atoms with Gasteiger partial charge in [0.1, 0.15) is 11.6 Å². The topological polar surface area (TPSA) is 91.3 Å². The van der Waals surface area contributed by atoms with Crippen LogP contribution in [0.4, 0.5) is 10.1 Å². The highest BCUT2D eigenvalue weighted by Crippen LogP contribution is 2.31. The molecule has 0 aliphatic rings. The summed E-state index contributed by atoms with van der Waals surface area (Å²) >= 11 is 0. The molecule has 0 spiro atoms. The van der Waals surface area contributed by atoms with Gasteiger partial charge in [-0.2, -0.15) is 0 Å². The third-order valence-corrected chi connectivity index (χ3v) is 2.35. The Morgan fingerprint density at radius 2 is 2.16 bits per heavy atom. The highest BCUT2D eigenvalue weighted by molar-refractivity contribution is 5.48. The van der Waals surface area contributed by atoms with Crippen molar-refractivity contribution in [3.05, 3.63) is 58.2 Å². The number of benzene rings is 1. The Bertz CT molecular complexity index is 619. The smallest absolute Gasteiger partial charge is 0.314 e. The fourth-order valence-electron chi connectivity index (χ4n) is 1.48. The minimum absolute atomic E-state index is 0.0534. The standard InChI is InChI=1S/C12H10FN3O3/c13-9-1-2-12(11(4-9)16(17)18)19-10-3-8(5-14)6-15-7-10/h1-4,6-7H,5,14H2. The quantitative estimate of drug-likeness (QED) is 0.675. The fourth-order valence-corrected chi connectivity index (χ4v) is 1.48. The lowest BCUT2D eigenvalue weighted by Crippen LogP contribution is -1.98. The molecule has 0 bridgehead atoms. The molecule has 0 amide bonds. The zero-order valence-corrected chi connectivity index (χ0v) is 9.75. The first-order valence-corrected chi connectivity index (χ1v) is 5.36. The minimum atomic E-state index is -0.710. The fraction of sp³-hybridized carbons (Fsp3) is 0.0833. The third kappa shape index (κ3) is 3.02. The number of pyridine rings is 1. The summed E-state index contributed by atoms with van der Waals surface area (Å²) in [5.41, 5.74) is 5.73. The molecule has 19 heavy (non-hydrogen) atoms. The average molecular weight is 263 g/mol. The molecular weight excluding hydrogens is 253 g/mol. The van der Waals surface area contributed by atoms with Crippen LogP contribution in [0.25, 0.3) is 0 Å². The number of ether oxygens (including phenoxy) is 1. The SMILES string of the molecule is NCc1cncc(Oc2ccc(F)cc2[N+](=O)[O-])c1. The minimum Gasteiger partial charge on any atom is -0.448 e.